The summed E-state index contributed by atoms with van der Waals surface area (Å²) in [4.78, 5) is 24.0. The standard InChI is InChI=1S/C24H25N3O2/c1-18-25-15-14-22(26-18)29-21-13-8-16-27(17-21)24(28)23(19-9-4-2-5-10-19)20-11-6-3-7-12-20/h2-7,9-12,14-15,21,23H,8,13,16-17H2,1H3/t21-/m1/s1. The summed E-state index contributed by atoms with van der Waals surface area (Å²) in [7, 11) is 0. The minimum Gasteiger partial charge on any atom is -0.472 e. The summed E-state index contributed by atoms with van der Waals surface area (Å²) in [5.41, 5.74) is 2.02. The molecule has 1 fully saturated rings. The van der Waals surface area contributed by atoms with Gasteiger partial charge >= 0.3 is 0 Å². The van der Waals surface area contributed by atoms with Crippen LogP contribution in [0.5, 0.6) is 5.88 Å². The third-order valence-corrected chi connectivity index (χ3v) is 5.24. The van der Waals surface area contributed by atoms with Crippen LogP contribution in [0, 0.1) is 6.92 Å². The van der Waals surface area contributed by atoms with E-state index in [4.69, 9.17) is 4.74 Å². The van der Waals surface area contributed by atoms with Gasteiger partial charge in [-0.3, -0.25) is 4.79 Å². The largest absolute Gasteiger partial charge is 0.472 e. The number of benzene rings is 2. The molecular formula is C24H25N3O2. The number of aryl methyl sites for hydroxylation is 1. The Morgan fingerprint density at radius 2 is 1.69 bits per heavy atom. The van der Waals surface area contributed by atoms with Gasteiger partial charge in [0.1, 0.15) is 11.9 Å². The predicted molar refractivity (Wildman–Crippen MR) is 112 cm³/mol. The van der Waals surface area contributed by atoms with Crippen LogP contribution in [0.3, 0.4) is 0 Å². The monoisotopic (exact) mass is 387 g/mol. The molecule has 1 aromatic heterocycles. The number of piperidine rings is 1. The first-order chi connectivity index (χ1) is 14.2. The molecule has 1 atom stereocenters. The highest BCUT2D eigenvalue weighted by atomic mass is 16.5. The van der Waals surface area contributed by atoms with Gasteiger partial charge in [-0.25, -0.2) is 4.98 Å². The number of ether oxygens (including phenoxy) is 1. The molecular weight excluding hydrogens is 362 g/mol. The first kappa shape index (κ1) is 19.1. The molecule has 0 N–H and O–H groups in total. The summed E-state index contributed by atoms with van der Waals surface area (Å²) in [6, 6.07) is 21.8. The van der Waals surface area contributed by atoms with E-state index in [1.807, 2.05) is 72.5 Å². The fraction of sp³-hybridized carbons (Fsp3) is 0.292. The quantitative estimate of drug-likeness (QED) is 0.664. The van der Waals surface area contributed by atoms with Crippen molar-refractivity contribution in [1.29, 1.82) is 0 Å². The fourth-order valence-electron chi connectivity index (χ4n) is 3.86. The third kappa shape index (κ3) is 4.62. The van der Waals surface area contributed by atoms with Gasteiger partial charge in [0, 0.05) is 18.8 Å². The zero-order valence-electron chi connectivity index (χ0n) is 16.6. The van der Waals surface area contributed by atoms with E-state index in [-0.39, 0.29) is 17.9 Å². The summed E-state index contributed by atoms with van der Waals surface area (Å²) >= 11 is 0. The number of hydrogen-bond donors (Lipinski definition) is 0. The van der Waals surface area contributed by atoms with Crippen molar-refractivity contribution in [2.75, 3.05) is 13.1 Å². The minimum absolute atomic E-state index is 0.0609. The molecule has 4 rings (SSSR count). The molecule has 0 aliphatic carbocycles. The van der Waals surface area contributed by atoms with Gasteiger partial charge in [-0.2, -0.15) is 4.98 Å². The van der Waals surface area contributed by atoms with E-state index < -0.39 is 0 Å². The Hall–Kier alpha value is -3.21. The van der Waals surface area contributed by atoms with Gasteiger partial charge in [-0.05, 0) is 30.9 Å². The van der Waals surface area contributed by atoms with Crippen molar-refractivity contribution in [2.45, 2.75) is 31.8 Å². The van der Waals surface area contributed by atoms with Gasteiger partial charge in [0.15, 0.2) is 0 Å². The van der Waals surface area contributed by atoms with Crippen molar-refractivity contribution >= 4 is 5.91 Å². The Bertz CT molecular complexity index is 907. The molecule has 0 saturated carbocycles. The zero-order valence-corrected chi connectivity index (χ0v) is 16.6. The van der Waals surface area contributed by atoms with E-state index in [1.54, 1.807) is 12.3 Å². The maximum Gasteiger partial charge on any atom is 0.234 e. The van der Waals surface area contributed by atoms with Crippen molar-refractivity contribution in [3.8, 4) is 5.88 Å². The van der Waals surface area contributed by atoms with Crippen molar-refractivity contribution < 1.29 is 9.53 Å². The predicted octanol–water partition coefficient (Wildman–Crippen LogP) is 3.99. The summed E-state index contributed by atoms with van der Waals surface area (Å²) in [6.07, 6.45) is 3.46. The number of nitrogens with zero attached hydrogens (tertiary/aromatic N) is 3. The minimum atomic E-state index is -0.308. The van der Waals surface area contributed by atoms with Crippen LogP contribution < -0.4 is 4.74 Å². The number of aromatic nitrogens is 2. The topological polar surface area (TPSA) is 55.3 Å². The van der Waals surface area contributed by atoms with Gasteiger partial charge in [-0.1, -0.05) is 60.7 Å². The van der Waals surface area contributed by atoms with Crippen molar-refractivity contribution in [3.05, 3.63) is 89.9 Å². The molecule has 1 amide bonds. The Morgan fingerprint density at radius 3 is 2.31 bits per heavy atom. The van der Waals surface area contributed by atoms with Gasteiger partial charge in [0.2, 0.25) is 11.8 Å². The van der Waals surface area contributed by atoms with Crippen LogP contribution in [0.4, 0.5) is 0 Å². The molecule has 0 spiro atoms. The molecule has 1 saturated heterocycles. The average molecular weight is 387 g/mol. The van der Waals surface area contributed by atoms with Crippen LogP contribution >= 0.6 is 0 Å². The van der Waals surface area contributed by atoms with Crippen molar-refractivity contribution in [1.82, 2.24) is 14.9 Å². The van der Waals surface area contributed by atoms with Crippen LogP contribution in [0.15, 0.2) is 72.9 Å². The Labute approximate surface area is 171 Å². The van der Waals surface area contributed by atoms with Crippen molar-refractivity contribution in [2.24, 2.45) is 0 Å². The maximum absolute atomic E-state index is 13.6. The smallest absolute Gasteiger partial charge is 0.234 e. The highest BCUT2D eigenvalue weighted by Crippen LogP contribution is 2.28. The molecule has 0 bridgehead atoms. The molecule has 0 radical (unpaired) electrons. The fourth-order valence-corrected chi connectivity index (χ4v) is 3.86. The summed E-state index contributed by atoms with van der Waals surface area (Å²) in [6.45, 7) is 3.16. The number of likely N-dealkylation sites (tertiary alicyclic amines) is 1. The number of hydrogen-bond acceptors (Lipinski definition) is 4. The van der Waals surface area contributed by atoms with E-state index in [2.05, 4.69) is 9.97 Å². The molecule has 3 aromatic rings. The second-order valence-electron chi connectivity index (χ2n) is 7.36. The molecule has 1 aliphatic heterocycles. The molecule has 148 valence electrons. The number of carbonyl (C=O) groups is 1. The summed E-state index contributed by atoms with van der Waals surface area (Å²) in [5, 5.41) is 0. The lowest BCUT2D eigenvalue weighted by molar-refractivity contribution is -0.134. The Morgan fingerprint density at radius 1 is 1.03 bits per heavy atom. The number of carbonyl (C=O) groups excluding carboxylic acids is 1. The van der Waals surface area contributed by atoms with Gasteiger partial charge < -0.3 is 9.64 Å². The summed E-state index contributed by atoms with van der Waals surface area (Å²) < 4.78 is 6.06. The van der Waals surface area contributed by atoms with E-state index in [0.29, 0.717) is 18.2 Å². The van der Waals surface area contributed by atoms with Gasteiger partial charge in [-0.15, -0.1) is 0 Å². The van der Waals surface area contributed by atoms with E-state index in [0.717, 1.165) is 30.5 Å². The van der Waals surface area contributed by atoms with E-state index in [1.165, 1.54) is 0 Å². The van der Waals surface area contributed by atoms with Gasteiger partial charge in [0.25, 0.3) is 0 Å². The molecule has 5 nitrogen and oxygen atoms in total. The normalized spacial score (nSPS) is 16.6. The lowest BCUT2D eigenvalue weighted by Gasteiger charge is -2.35. The number of amides is 1. The third-order valence-electron chi connectivity index (χ3n) is 5.24. The van der Waals surface area contributed by atoms with Crippen LogP contribution in [0.1, 0.15) is 35.7 Å². The van der Waals surface area contributed by atoms with Crippen LogP contribution in [0.25, 0.3) is 0 Å². The molecule has 2 heterocycles. The lowest BCUT2D eigenvalue weighted by Crippen LogP contribution is -2.46. The van der Waals surface area contributed by atoms with Crippen molar-refractivity contribution in [3.63, 3.8) is 0 Å². The maximum atomic E-state index is 13.6. The molecule has 1 aliphatic rings. The van der Waals surface area contributed by atoms with Gasteiger partial charge in [0.05, 0.1) is 12.5 Å². The SMILES string of the molecule is Cc1nccc(O[C@@H]2CCCN(C(=O)C(c3ccccc3)c3ccccc3)C2)n1. The van der Waals surface area contributed by atoms with Crippen LogP contribution in [0.2, 0.25) is 0 Å². The average Bonchev–Trinajstić information content (AvgIpc) is 2.76. The Kier molecular flexibility index (Phi) is 5.84. The molecule has 5 heteroatoms. The second-order valence-corrected chi connectivity index (χ2v) is 7.36. The first-order valence-electron chi connectivity index (χ1n) is 10.1. The molecule has 2 aromatic carbocycles. The highest BCUT2D eigenvalue weighted by molar-refractivity contribution is 5.87. The highest BCUT2D eigenvalue weighted by Gasteiger charge is 2.31. The zero-order chi connectivity index (χ0) is 20.1. The molecule has 0 unspecified atom stereocenters. The number of rotatable bonds is 5. The Balaban J connectivity index is 1.54. The second kappa shape index (κ2) is 8.86. The van der Waals surface area contributed by atoms with Crippen LogP contribution in [-0.2, 0) is 4.79 Å². The summed E-state index contributed by atoms with van der Waals surface area (Å²) in [5.74, 6) is 1.06. The molecule has 29 heavy (non-hydrogen) atoms. The van der Waals surface area contributed by atoms with Crippen LogP contribution in [-0.4, -0.2) is 40.0 Å². The lowest BCUT2D eigenvalue weighted by atomic mass is 9.89. The van der Waals surface area contributed by atoms with E-state index >= 15 is 0 Å². The first-order valence-corrected chi connectivity index (χ1v) is 10.1. The van der Waals surface area contributed by atoms with E-state index in [9.17, 15) is 4.79 Å².